The molecule has 0 spiro atoms. The molecule has 1 aromatic rings. The Kier molecular flexibility index (Phi) is 3.26. The van der Waals surface area contributed by atoms with E-state index in [1.165, 1.54) is 0 Å². The van der Waals surface area contributed by atoms with Crippen molar-refractivity contribution in [3.8, 4) is 0 Å². The standard InChI is InChI=1S/C13H19N3O3/c1-13(2,3)19-12(18)16-5-4-8-6-9(14)11(17)15-10(8)7-16/h6H,4-5,7,14H2,1-3H3,(H,15,17). The van der Waals surface area contributed by atoms with Gasteiger partial charge in [0.25, 0.3) is 5.56 Å². The molecule has 104 valence electrons. The highest BCUT2D eigenvalue weighted by Crippen LogP contribution is 2.19. The van der Waals surface area contributed by atoms with Crippen LogP contribution >= 0.6 is 0 Å². The quantitative estimate of drug-likeness (QED) is 0.739. The summed E-state index contributed by atoms with van der Waals surface area (Å²) in [4.78, 5) is 27.7. The van der Waals surface area contributed by atoms with Crippen LogP contribution < -0.4 is 11.3 Å². The van der Waals surface area contributed by atoms with E-state index in [2.05, 4.69) is 4.98 Å². The van der Waals surface area contributed by atoms with Gasteiger partial charge < -0.3 is 20.4 Å². The number of rotatable bonds is 0. The number of carbonyl (C=O) groups excluding carboxylic acids is 1. The van der Waals surface area contributed by atoms with Crippen molar-refractivity contribution >= 4 is 11.8 Å². The van der Waals surface area contributed by atoms with Crippen molar-refractivity contribution in [1.29, 1.82) is 0 Å². The Hall–Kier alpha value is -1.98. The molecule has 3 N–H and O–H groups in total. The van der Waals surface area contributed by atoms with Crippen LogP contribution in [0.4, 0.5) is 10.5 Å². The van der Waals surface area contributed by atoms with Crippen molar-refractivity contribution in [2.45, 2.75) is 39.3 Å². The van der Waals surface area contributed by atoms with Gasteiger partial charge in [0.1, 0.15) is 5.60 Å². The van der Waals surface area contributed by atoms with Gasteiger partial charge >= 0.3 is 6.09 Å². The lowest BCUT2D eigenvalue weighted by molar-refractivity contribution is 0.0221. The predicted molar refractivity (Wildman–Crippen MR) is 71.8 cm³/mol. The van der Waals surface area contributed by atoms with E-state index in [1.807, 2.05) is 20.8 Å². The Bertz CT molecular complexity index is 557. The van der Waals surface area contributed by atoms with Crippen molar-refractivity contribution in [1.82, 2.24) is 9.88 Å². The summed E-state index contributed by atoms with van der Waals surface area (Å²) in [6.45, 7) is 6.38. The second kappa shape index (κ2) is 4.60. The van der Waals surface area contributed by atoms with E-state index in [0.29, 0.717) is 19.5 Å². The zero-order valence-corrected chi connectivity index (χ0v) is 11.4. The zero-order valence-electron chi connectivity index (χ0n) is 11.4. The van der Waals surface area contributed by atoms with Gasteiger partial charge in [-0.1, -0.05) is 0 Å². The SMILES string of the molecule is CC(C)(C)OC(=O)N1CCc2cc(N)c(=O)[nH]c2C1. The van der Waals surface area contributed by atoms with Gasteiger partial charge in [0.2, 0.25) is 0 Å². The number of carbonyl (C=O) groups is 1. The topological polar surface area (TPSA) is 88.4 Å². The summed E-state index contributed by atoms with van der Waals surface area (Å²) < 4.78 is 5.32. The van der Waals surface area contributed by atoms with Crippen LogP contribution in [0.2, 0.25) is 0 Å². The predicted octanol–water partition coefficient (Wildman–Crippen LogP) is 1.25. The molecule has 19 heavy (non-hydrogen) atoms. The van der Waals surface area contributed by atoms with Crippen LogP contribution in [0.1, 0.15) is 32.0 Å². The highest BCUT2D eigenvalue weighted by Gasteiger charge is 2.26. The Labute approximate surface area is 111 Å². The van der Waals surface area contributed by atoms with Gasteiger partial charge in [0, 0.05) is 12.2 Å². The first-order chi connectivity index (χ1) is 8.76. The van der Waals surface area contributed by atoms with E-state index in [0.717, 1.165) is 11.3 Å². The molecule has 0 radical (unpaired) electrons. The summed E-state index contributed by atoms with van der Waals surface area (Å²) in [6, 6.07) is 1.68. The molecule has 2 rings (SSSR count). The third kappa shape index (κ3) is 3.07. The van der Waals surface area contributed by atoms with E-state index in [-0.39, 0.29) is 17.3 Å². The maximum atomic E-state index is 12.0. The molecule has 2 heterocycles. The molecule has 0 saturated carbocycles. The number of pyridine rings is 1. The average Bonchev–Trinajstić information content (AvgIpc) is 2.27. The van der Waals surface area contributed by atoms with E-state index < -0.39 is 5.60 Å². The minimum atomic E-state index is -0.522. The monoisotopic (exact) mass is 265 g/mol. The van der Waals surface area contributed by atoms with Crippen molar-refractivity contribution in [2.75, 3.05) is 12.3 Å². The first-order valence-electron chi connectivity index (χ1n) is 6.25. The summed E-state index contributed by atoms with van der Waals surface area (Å²) in [7, 11) is 0. The number of hydrogen-bond donors (Lipinski definition) is 2. The molecular formula is C13H19N3O3. The van der Waals surface area contributed by atoms with Crippen LogP contribution in [-0.4, -0.2) is 28.1 Å². The number of nitrogens with one attached hydrogen (secondary N) is 1. The highest BCUT2D eigenvalue weighted by molar-refractivity contribution is 5.68. The maximum absolute atomic E-state index is 12.0. The normalized spacial score (nSPS) is 15.0. The fourth-order valence-corrected chi connectivity index (χ4v) is 2.00. The van der Waals surface area contributed by atoms with Gasteiger partial charge in [-0.2, -0.15) is 0 Å². The third-order valence-corrected chi connectivity index (χ3v) is 2.90. The second-order valence-corrected chi connectivity index (χ2v) is 5.71. The second-order valence-electron chi connectivity index (χ2n) is 5.71. The lowest BCUT2D eigenvalue weighted by Crippen LogP contribution is -2.40. The van der Waals surface area contributed by atoms with E-state index >= 15 is 0 Å². The molecule has 0 saturated heterocycles. The summed E-state index contributed by atoms with van der Waals surface area (Å²) in [5.41, 5.74) is 6.66. The number of amides is 1. The van der Waals surface area contributed by atoms with Gasteiger partial charge in [-0.25, -0.2) is 4.79 Å². The smallest absolute Gasteiger partial charge is 0.410 e. The van der Waals surface area contributed by atoms with Gasteiger partial charge in [-0.3, -0.25) is 4.79 Å². The molecule has 0 atom stereocenters. The number of hydrogen-bond acceptors (Lipinski definition) is 4. The number of anilines is 1. The number of H-pyrrole nitrogens is 1. The number of ether oxygens (including phenoxy) is 1. The average molecular weight is 265 g/mol. The van der Waals surface area contributed by atoms with Gasteiger partial charge in [0.05, 0.1) is 12.2 Å². The van der Waals surface area contributed by atoms with Crippen LogP contribution in [0.5, 0.6) is 0 Å². The maximum Gasteiger partial charge on any atom is 0.410 e. The van der Waals surface area contributed by atoms with Crippen molar-refractivity contribution < 1.29 is 9.53 Å². The lowest BCUT2D eigenvalue weighted by atomic mass is 10.1. The molecule has 0 fully saturated rings. The number of aromatic nitrogens is 1. The van der Waals surface area contributed by atoms with Gasteiger partial charge in [0.15, 0.2) is 0 Å². The van der Waals surface area contributed by atoms with Crippen LogP contribution in [-0.2, 0) is 17.7 Å². The first-order valence-corrected chi connectivity index (χ1v) is 6.25. The Morgan fingerprint density at radius 2 is 2.16 bits per heavy atom. The zero-order chi connectivity index (χ0) is 14.2. The molecule has 0 bridgehead atoms. The minimum Gasteiger partial charge on any atom is -0.444 e. The van der Waals surface area contributed by atoms with Crippen molar-refractivity contribution in [3.05, 3.63) is 27.7 Å². The first kappa shape index (κ1) is 13.5. The molecule has 1 amide bonds. The Morgan fingerprint density at radius 1 is 1.47 bits per heavy atom. The largest absolute Gasteiger partial charge is 0.444 e. The van der Waals surface area contributed by atoms with E-state index in [9.17, 15) is 9.59 Å². The van der Waals surface area contributed by atoms with Crippen LogP contribution in [0.3, 0.4) is 0 Å². The lowest BCUT2D eigenvalue weighted by Gasteiger charge is -2.30. The molecule has 6 heteroatoms. The molecule has 0 aromatic carbocycles. The van der Waals surface area contributed by atoms with E-state index in [1.54, 1.807) is 11.0 Å². The number of fused-ring (bicyclic) bond motifs is 1. The van der Waals surface area contributed by atoms with Crippen LogP contribution in [0.15, 0.2) is 10.9 Å². The number of nitrogens with zero attached hydrogens (tertiary/aromatic N) is 1. The number of nitrogen functional groups attached to an aromatic ring is 1. The molecule has 0 unspecified atom stereocenters. The summed E-state index contributed by atoms with van der Waals surface area (Å²) in [6.07, 6.45) is 0.297. The Morgan fingerprint density at radius 3 is 2.79 bits per heavy atom. The van der Waals surface area contributed by atoms with Gasteiger partial charge in [-0.15, -0.1) is 0 Å². The van der Waals surface area contributed by atoms with Gasteiger partial charge in [-0.05, 0) is 38.8 Å². The molecular weight excluding hydrogens is 246 g/mol. The third-order valence-electron chi connectivity index (χ3n) is 2.90. The minimum absolute atomic E-state index is 0.212. The Balaban J connectivity index is 2.16. The van der Waals surface area contributed by atoms with Crippen molar-refractivity contribution in [2.24, 2.45) is 0 Å². The fraction of sp³-hybridized carbons (Fsp3) is 0.538. The van der Waals surface area contributed by atoms with Crippen molar-refractivity contribution in [3.63, 3.8) is 0 Å². The highest BCUT2D eigenvalue weighted by atomic mass is 16.6. The van der Waals surface area contributed by atoms with E-state index in [4.69, 9.17) is 10.5 Å². The molecule has 1 aliphatic rings. The summed E-state index contributed by atoms with van der Waals surface area (Å²) in [5, 5.41) is 0. The summed E-state index contributed by atoms with van der Waals surface area (Å²) >= 11 is 0. The fourth-order valence-electron chi connectivity index (χ4n) is 2.00. The van der Waals surface area contributed by atoms with Crippen LogP contribution in [0.25, 0.3) is 0 Å². The molecule has 0 aliphatic carbocycles. The van der Waals surface area contributed by atoms with Crippen LogP contribution in [0, 0.1) is 0 Å². The number of aromatic amines is 1. The summed E-state index contributed by atoms with van der Waals surface area (Å²) in [5.74, 6) is 0. The molecule has 6 nitrogen and oxygen atoms in total. The number of nitrogens with two attached hydrogens (primary N) is 1. The molecule has 1 aliphatic heterocycles. The molecule has 1 aromatic heterocycles.